The van der Waals surface area contributed by atoms with Crippen molar-refractivity contribution in [3.05, 3.63) is 42.2 Å². The van der Waals surface area contributed by atoms with E-state index in [9.17, 15) is 0 Å². The summed E-state index contributed by atoms with van der Waals surface area (Å²) >= 11 is 0. The Kier molecular flexibility index (Phi) is 3.09. The molecule has 0 aliphatic carbocycles. The summed E-state index contributed by atoms with van der Waals surface area (Å²) in [6.45, 7) is 1.57. The van der Waals surface area contributed by atoms with Crippen LogP contribution in [0.5, 0.6) is 0 Å². The molecule has 0 unspecified atom stereocenters. The summed E-state index contributed by atoms with van der Waals surface area (Å²) in [5, 5.41) is 13.1. The highest BCUT2D eigenvalue weighted by molar-refractivity contribution is 5.79. The fourth-order valence-electron chi connectivity index (χ4n) is 2.27. The highest BCUT2D eigenvalue weighted by Gasteiger charge is 2.08. The molecule has 0 atom stereocenters. The van der Waals surface area contributed by atoms with Crippen LogP contribution >= 0.6 is 0 Å². The summed E-state index contributed by atoms with van der Waals surface area (Å²) in [5.74, 6) is 0.482. The lowest BCUT2D eigenvalue weighted by Crippen LogP contribution is -2.07. The largest absolute Gasteiger partial charge is 0.369 e. The van der Waals surface area contributed by atoms with Gasteiger partial charge in [-0.1, -0.05) is 0 Å². The van der Waals surface area contributed by atoms with Gasteiger partial charge in [0.15, 0.2) is 0 Å². The molecule has 3 aromatic rings. The highest BCUT2D eigenvalue weighted by atomic mass is 15.3. The molecule has 0 saturated carbocycles. The number of aryl methyl sites for hydroxylation is 2. The zero-order chi connectivity index (χ0) is 13.9. The molecule has 3 rings (SSSR count). The Morgan fingerprint density at radius 2 is 2.20 bits per heavy atom. The average Bonchev–Trinajstić information content (AvgIpc) is 3.07. The molecule has 0 fully saturated rings. The second-order valence-corrected chi connectivity index (χ2v) is 4.56. The van der Waals surface area contributed by atoms with Gasteiger partial charge in [-0.05, 0) is 30.7 Å². The third kappa shape index (κ3) is 2.21. The maximum absolute atomic E-state index is 8.97. The number of rotatable bonds is 4. The van der Waals surface area contributed by atoms with Gasteiger partial charge in [-0.2, -0.15) is 10.4 Å². The van der Waals surface area contributed by atoms with Crippen LogP contribution in [0.1, 0.15) is 12.0 Å². The molecule has 0 aliphatic heterocycles. The normalized spacial score (nSPS) is 10.8. The standard InChI is InChI=1S/C14H14N6/c15-10-11-3-4-12-13(9-11)20(14(16)18-12)8-2-7-19-6-1-5-17-19/h1,3-6,9H,2,7-8H2,(H2,16,18). The molecular formula is C14H14N6. The summed E-state index contributed by atoms with van der Waals surface area (Å²) < 4.78 is 3.83. The SMILES string of the molecule is N#Cc1ccc2nc(N)n(CCCn3cccn3)c2c1. The number of fused-ring (bicyclic) bond motifs is 1. The van der Waals surface area contributed by atoms with Crippen molar-refractivity contribution in [3.8, 4) is 6.07 Å². The summed E-state index contributed by atoms with van der Waals surface area (Å²) in [6, 6.07) is 9.45. The minimum Gasteiger partial charge on any atom is -0.369 e. The Balaban J connectivity index is 1.83. The van der Waals surface area contributed by atoms with Gasteiger partial charge in [0.05, 0.1) is 22.7 Å². The monoisotopic (exact) mass is 266 g/mol. The van der Waals surface area contributed by atoms with Gasteiger partial charge in [0.2, 0.25) is 5.95 Å². The lowest BCUT2D eigenvalue weighted by Gasteiger charge is -2.06. The van der Waals surface area contributed by atoms with Gasteiger partial charge in [-0.3, -0.25) is 4.68 Å². The smallest absolute Gasteiger partial charge is 0.201 e. The molecule has 6 nitrogen and oxygen atoms in total. The van der Waals surface area contributed by atoms with Gasteiger partial charge in [0, 0.05) is 25.5 Å². The molecule has 0 radical (unpaired) electrons. The van der Waals surface area contributed by atoms with E-state index in [4.69, 9.17) is 11.0 Å². The molecule has 20 heavy (non-hydrogen) atoms. The van der Waals surface area contributed by atoms with Crippen molar-refractivity contribution in [2.45, 2.75) is 19.5 Å². The fourth-order valence-corrected chi connectivity index (χ4v) is 2.27. The fraction of sp³-hybridized carbons (Fsp3) is 0.214. The third-order valence-corrected chi connectivity index (χ3v) is 3.23. The summed E-state index contributed by atoms with van der Waals surface area (Å²) in [5.41, 5.74) is 8.29. The molecule has 0 amide bonds. The van der Waals surface area contributed by atoms with Gasteiger partial charge in [-0.15, -0.1) is 0 Å². The summed E-state index contributed by atoms with van der Waals surface area (Å²) in [6.07, 6.45) is 4.59. The number of anilines is 1. The van der Waals surface area contributed by atoms with Gasteiger partial charge >= 0.3 is 0 Å². The van der Waals surface area contributed by atoms with Crippen LogP contribution in [-0.4, -0.2) is 19.3 Å². The van der Waals surface area contributed by atoms with E-state index in [2.05, 4.69) is 16.2 Å². The molecule has 2 aromatic heterocycles. The molecular weight excluding hydrogens is 252 g/mol. The molecule has 0 aliphatic rings. The number of nitrogens with two attached hydrogens (primary N) is 1. The quantitative estimate of drug-likeness (QED) is 0.779. The van der Waals surface area contributed by atoms with Gasteiger partial charge in [0.25, 0.3) is 0 Å². The molecule has 0 saturated heterocycles. The molecule has 6 heteroatoms. The Hall–Kier alpha value is -2.81. The van der Waals surface area contributed by atoms with Crippen LogP contribution in [0.15, 0.2) is 36.7 Å². The highest BCUT2D eigenvalue weighted by Crippen LogP contribution is 2.19. The number of nitrogens with zero attached hydrogens (tertiary/aromatic N) is 5. The predicted molar refractivity (Wildman–Crippen MR) is 75.7 cm³/mol. The van der Waals surface area contributed by atoms with E-state index in [1.165, 1.54) is 0 Å². The third-order valence-electron chi connectivity index (χ3n) is 3.23. The van der Waals surface area contributed by atoms with Crippen LogP contribution < -0.4 is 5.73 Å². The topological polar surface area (TPSA) is 85.5 Å². The van der Waals surface area contributed by atoms with Crippen molar-refractivity contribution < 1.29 is 0 Å². The lowest BCUT2D eigenvalue weighted by molar-refractivity contribution is 0.535. The molecule has 0 bridgehead atoms. The number of hydrogen-bond acceptors (Lipinski definition) is 4. The van der Waals surface area contributed by atoms with E-state index in [1.807, 2.05) is 33.6 Å². The number of imidazole rings is 1. The molecule has 1 aromatic carbocycles. The molecule has 0 spiro atoms. The van der Waals surface area contributed by atoms with Crippen molar-refractivity contribution in [2.75, 3.05) is 5.73 Å². The molecule has 2 N–H and O–H groups in total. The summed E-state index contributed by atoms with van der Waals surface area (Å²) in [7, 11) is 0. The first kappa shape index (κ1) is 12.2. The van der Waals surface area contributed by atoms with Crippen LogP contribution in [0.25, 0.3) is 11.0 Å². The first-order valence-electron chi connectivity index (χ1n) is 6.41. The number of benzene rings is 1. The van der Waals surface area contributed by atoms with Gasteiger partial charge in [-0.25, -0.2) is 4.98 Å². The van der Waals surface area contributed by atoms with Crippen molar-refractivity contribution in [1.29, 1.82) is 5.26 Å². The van der Waals surface area contributed by atoms with Crippen LogP contribution in [0.4, 0.5) is 5.95 Å². The maximum Gasteiger partial charge on any atom is 0.201 e. The summed E-state index contributed by atoms with van der Waals surface area (Å²) in [4.78, 5) is 4.31. The Morgan fingerprint density at radius 3 is 2.95 bits per heavy atom. The predicted octanol–water partition coefficient (Wildman–Crippen LogP) is 1.78. The van der Waals surface area contributed by atoms with E-state index in [-0.39, 0.29) is 0 Å². The van der Waals surface area contributed by atoms with Crippen molar-refractivity contribution in [2.24, 2.45) is 0 Å². The van der Waals surface area contributed by atoms with Crippen LogP contribution in [0.2, 0.25) is 0 Å². The van der Waals surface area contributed by atoms with Crippen LogP contribution in [0, 0.1) is 11.3 Å². The Bertz CT molecular complexity index is 763. The van der Waals surface area contributed by atoms with Crippen molar-refractivity contribution in [3.63, 3.8) is 0 Å². The Morgan fingerprint density at radius 1 is 1.30 bits per heavy atom. The average molecular weight is 266 g/mol. The Labute approximate surface area is 116 Å². The van der Waals surface area contributed by atoms with Gasteiger partial charge < -0.3 is 10.3 Å². The number of hydrogen-bond donors (Lipinski definition) is 1. The van der Waals surface area contributed by atoms with E-state index in [0.29, 0.717) is 11.5 Å². The molecule has 100 valence electrons. The zero-order valence-corrected chi connectivity index (χ0v) is 10.9. The van der Waals surface area contributed by atoms with E-state index in [1.54, 1.807) is 12.3 Å². The first-order valence-corrected chi connectivity index (χ1v) is 6.41. The second-order valence-electron chi connectivity index (χ2n) is 4.56. The minimum absolute atomic E-state index is 0.482. The molecule has 2 heterocycles. The number of aromatic nitrogens is 4. The van der Waals surface area contributed by atoms with Crippen molar-refractivity contribution in [1.82, 2.24) is 19.3 Å². The first-order chi connectivity index (χ1) is 9.78. The number of nitrogen functional groups attached to an aromatic ring is 1. The maximum atomic E-state index is 8.97. The lowest BCUT2D eigenvalue weighted by atomic mass is 10.2. The van der Waals surface area contributed by atoms with Crippen molar-refractivity contribution >= 4 is 17.0 Å². The minimum atomic E-state index is 0.482. The van der Waals surface area contributed by atoms with E-state index >= 15 is 0 Å². The zero-order valence-electron chi connectivity index (χ0n) is 10.9. The van der Waals surface area contributed by atoms with Gasteiger partial charge in [0.1, 0.15) is 0 Å². The number of nitriles is 1. The van der Waals surface area contributed by atoms with E-state index < -0.39 is 0 Å². The second kappa shape index (κ2) is 5.05. The van der Waals surface area contributed by atoms with Crippen LogP contribution in [-0.2, 0) is 13.1 Å². The van der Waals surface area contributed by atoms with Crippen LogP contribution in [0.3, 0.4) is 0 Å². The van der Waals surface area contributed by atoms with E-state index in [0.717, 1.165) is 30.5 Å².